The highest BCUT2D eigenvalue weighted by molar-refractivity contribution is 7.89. The van der Waals surface area contributed by atoms with Crippen molar-refractivity contribution in [1.82, 2.24) is 9.62 Å². The second-order valence-corrected chi connectivity index (χ2v) is 9.36. The SMILES string of the molecule is CC(C)CCC(C)NC(=O)c1ccc(F)c(S(=O)(=O)N2CCCCC2)c1. The highest BCUT2D eigenvalue weighted by Crippen LogP contribution is 2.24. The normalized spacial score (nSPS) is 17.3. The molecular weight excluding hydrogens is 355 g/mol. The smallest absolute Gasteiger partial charge is 0.251 e. The van der Waals surface area contributed by atoms with Gasteiger partial charge in [-0.1, -0.05) is 20.3 Å². The van der Waals surface area contributed by atoms with E-state index in [1.54, 1.807) is 0 Å². The van der Waals surface area contributed by atoms with Crippen LogP contribution in [0.4, 0.5) is 4.39 Å². The van der Waals surface area contributed by atoms with Crippen molar-refractivity contribution in [2.75, 3.05) is 13.1 Å². The molecule has 1 amide bonds. The Morgan fingerprint density at radius 3 is 2.42 bits per heavy atom. The molecule has 7 heteroatoms. The molecule has 0 bridgehead atoms. The fourth-order valence-electron chi connectivity index (χ4n) is 3.05. The Morgan fingerprint density at radius 1 is 1.15 bits per heavy atom. The Labute approximate surface area is 156 Å². The predicted molar refractivity (Wildman–Crippen MR) is 100 cm³/mol. The van der Waals surface area contributed by atoms with Gasteiger partial charge >= 0.3 is 0 Å². The van der Waals surface area contributed by atoms with Gasteiger partial charge in [0.25, 0.3) is 5.91 Å². The van der Waals surface area contributed by atoms with Crippen LogP contribution in [0.25, 0.3) is 0 Å². The van der Waals surface area contributed by atoms with E-state index >= 15 is 0 Å². The zero-order valence-electron chi connectivity index (χ0n) is 15.8. The number of nitrogens with zero attached hydrogens (tertiary/aromatic N) is 1. The van der Waals surface area contributed by atoms with Crippen LogP contribution in [0.2, 0.25) is 0 Å². The minimum Gasteiger partial charge on any atom is -0.350 e. The molecule has 1 fully saturated rings. The van der Waals surface area contributed by atoms with Crippen LogP contribution in [0.1, 0.15) is 63.2 Å². The molecule has 2 rings (SSSR count). The number of hydrogen-bond donors (Lipinski definition) is 1. The van der Waals surface area contributed by atoms with Gasteiger partial charge < -0.3 is 5.32 Å². The van der Waals surface area contributed by atoms with Crippen LogP contribution >= 0.6 is 0 Å². The predicted octanol–water partition coefficient (Wildman–Crippen LogP) is 3.55. The fraction of sp³-hybridized carbons (Fsp3) is 0.632. The summed E-state index contributed by atoms with van der Waals surface area (Å²) in [5.74, 6) is -0.655. The van der Waals surface area contributed by atoms with E-state index < -0.39 is 20.7 Å². The van der Waals surface area contributed by atoms with Crippen molar-refractivity contribution in [1.29, 1.82) is 0 Å². The maximum absolute atomic E-state index is 14.2. The largest absolute Gasteiger partial charge is 0.350 e. The van der Waals surface area contributed by atoms with Crippen LogP contribution in [-0.4, -0.2) is 37.8 Å². The lowest BCUT2D eigenvalue weighted by molar-refractivity contribution is 0.0937. The van der Waals surface area contributed by atoms with Gasteiger partial charge in [0, 0.05) is 24.7 Å². The van der Waals surface area contributed by atoms with Gasteiger partial charge in [0.05, 0.1) is 0 Å². The Kier molecular flexibility index (Phi) is 7.17. The number of halogens is 1. The third kappa shape index (κ3) is 5.27. The van der Waals surface area contributed by atoms with Crippen LogP contribution in [-0.2, 0) is 10.0 Å². The lowest BCUT2D eigenvalue weighted by Gasteiger charge is -2.26. The summed E-state index contributed by atoms with van der Waals surface area (Å²) in [7, 11) is -3.92. The molecule has 0 saturated carbocycles. The summed E-state index contributed by atoms with van der Waals surface area (Å²) >= 11 is 0. The number of carbonyl (C=O) groups is 1. The van der Waals surface area contributed by atoms with Crippen molar-refractivity contribution in [2.24, 2.45) is 5.92 Å². The lowest BCUT2D eigenvalue weighted by atomic mass is 10.0. The number of carbonyl (C=O) groups excluding carboxylic acids is 1. The van der Waals surface area contributed by atoms with E-state index in [0.717, 1.165) is 44.2 Å². The van der Waals surface area contributed by atoms with Gasteiger partial charge in [0.15, 0.2) is 0 Å². The van der Waals surface area contributed by atoms with Crippen molar-refractivity contribution in [2.45, 2.75) is 63.8 Å². The second kappa shape index (κ2) is 8.95. The monoisotopic (exact) mass is 384 g/mol. The van der Waals surface area contributed by atoms with Gasteiger partial charge in [0.2, 0.25) is 10.0 Å². The number of sulfonamides is 1. The molecule has 0 radical (unpaired) electrons. The second-order valence-electron chi connectivity index (χ2n) is 7.46. The quantitative estimate of drug-likeness (QED) is 0.782. The Balaban J connectivity index is 2.17. The van der Waals surface area contributed by atoms with Crippen LogP contribution < -0.4 is 5.32 Å². The summed E-state index contributed by atoms with van der Waals surface area (Å²) in [6.07, 6.45) is 4.34. The first-order chi connectivity index (χ1) is 12.2. The van der Waals surface area contributed by atoms with Gasteiger partial charge in [0.1, 0.15) is 10.7 Å². The Bertz CT molecular complexity index is 728. The molecule has 1 aliphatic rings. The summed E-state index contributed by atoms with van der Waals surface area (Å²) in [5.41, 5.74) is 0.165. The van der Waals surface area contributed by atoms with Crippen molar-refractivity contribution in [3.05, 3.63) is 29.6 Å². The third-order valence-corrected chi connectivity index (χ3v) is 6.59. The molecule has 1 heterocycles. The minimum absolute atomic E-state index is 0.0305. The minimum atomic E-state index is -3.92. The van der Waals surface area contributed by atoms with E-state index in [1.807, 2.05) is 6.92 Å². The van der Waals surface area contributed by atoms with Gasteiger partial charge in [-0.05, 0) is 56.7 Å². The van der Waals surface area contributed by atoms with Gasteiger partial charge in [-0.15, -0.1) is 0 Å². The highest BCUT2D eigenvalue weighted by Gasteiger charge is 2.29. The first-order valence-corrected chi connectivity index (χ1v) is 10.8. The number of hydrogen-bond acceptors (Lipinski definition) is 3. The van der Waals surface area contributed by atoms with Crippen molar-refractivity contribution >= 4 is 15.9 Å². The van der Waals surface area contributed by atoms with E-state index in [2.05, 4.69) is 19.2 Å². The number of rotatable bonds is 7. The van der Waals surface area contributed by atoms with Crippen LogP contribution in [0, 0.1) is 11.7 Å². The van der Waals surface area contributed by atoms with Gasteiger partial charge in [-0.2, -0.15) is 4.31 Å². The number of benzene rings is 1. The van der Waals surface area contributed by atoms with Crippen LogP contribution in [0.15, 0.2) is 23.1 Å². The lowest BCUT2D eigenvalue weighted by Crippen LogP contribution is -2.36. The summed E-state index contributed by atoms with van der Waals surface area (Å²) in [6, 6.07) is 3.51. The highest BCUT2D eigenvalue weighted by atomic mass is 32.2. The topological polar surface area (TPSA) is 66.5 Å². The fourth-order valence-corrected chi connectivity index (χ4v) is 4.66. The Morgan fingerprint density at radius 2 is 1.81 bits per heavy atom. The molecule has 1 unspecified atom stereocenters. The summed E-state index contributed by atoms with van der Waals surface area (Å²) in [6.45, 7) is 6.93. The molecule has 1 aliphatic heterocycles. The van der Waals surface area contributed by atoms with E-state index in [4.69, 9.17) is 0 Å². The maximum atomic E-state index is 14.2. The molecule has 1 atom stereocenters. The van der Waals surface area contributed by atoms with E-state index in [1.165, 1.54) is 10.4 Å². The standard InChI is InChI=1S/C19H29FN2O3S/c1-14(2)7-8-15(3)21-19(23)16-9-10-17(20)18(13-16)26(24,25)22-11-5-4-6-12-22/h9-10,13-15H,4-8,11-12H2,1-3H3,(H,21,23). The van der Waals surface area contributed by atoms with Gasteiger partial charge in [-0.3, -0.25) is 4.79 Å². The number of nitrogens with one attached hydrogen (secondary N) is 1. The van der Waals surface area contributed by atoms with Crippen molar-refractivity contribution < 1.29 is 17.6 Å². The average Bonchev–Trinajstić information content (AvgIpc) is 2.60. The molecule has 0 aliphatic carbocycles. The molecule has 5 nitrogen and oxygen atoms in total. The summed E-state index contributed by atoms with van der Waals surface area (Å²) in [4.78, 5) is 12.0. The van der Waals surface area contributed by atoms with E-state index in [-0.39, 0.29) is 17.5 Å². The van der Waals surface area contributed by atoms with Crippen molar-refractivity contribution in [3.8, 4) is 0 Å². The zero-order valence-corrected chi connectivity index (χ0v) is 16.6. The molecule has 0 spiro atoms. The molecule has 1 aromatic carbocycles. The van der Waals surface area contributed by atoms with Gasteiger partial charge in [-0.25, -0.2) is 12.8 Å². The summed E-state index contributed by atoms with van der Waals surface area (Å²) < 4.78 is 41.0. The van der Waals surface area contributed by atoms with Crippen LogP contribution in [0.3, 0.4) is 0 Å². The zero-order chi connectivity index (χ0) is 19.3. The maximum Gasteiger partial charge on any atom is 0.251 e. The molecular formula is C19H29FN2O3S. The first-order valence-electron chi connectivity index (χ1n) is 9.32. The molecule has 26 heavy (non-hydrogen) atoms. The number of amides is 1. The summed E-state index contributed by atoms with van der Waals surface area (Å²) in [5, 5.41) is 2.86. The van der Waals surface area contributed by atoms with E-state index in [9.17, 15) is 17.6 Å². The molecule has 1 saturated heterocycles. The first kappa shape index (κ1) is 20.8. The Hall–Kier alpha value is -1.47. The molecule has 1 N–H and O–H groups in total. The van der Waals surface area contributed by atoms with Crippen LogP contribution in [0.5, 0.6) is 0 Å². The molecule has 1 aromatic rings. The number of piperidine rings is 1. The molecule has 146 valence electrons. The van der Waals surface area contributed by atoms with E-state index in [0.29, 0.717) is 19.0 Å². The average molecular weight is 385 g/mol. The molecule has 0 aromatic heterocycles. The van der Waals surface area contributed by atoms with Crippen molar-refractivity contribution in [3.63, 3.8) is 0 Å². The third-order valence-electron chi connectivity index (χ3n) is 4.68.